The van der Waals surface area contributed by atoms with Crippen molar-refractivity contribution in [1.29, 1.82) is 0 Å². The van der Waals surface area contributed by atoms with Gasteiger partial charge in [-0.2, -0.15) is 0 Å². The van der Waals surface area contributed by atoms with E-state index in [1.165, 1.54) is 36.0 Å². The van der Waals surface area contributed by atoms with Crippen LogP contribution in [0.5, 0.6) is 5.75 Å². The van der Waals surface area contributed by atoms with Crippen LogP contribution in [0.15, 0.2) is 4.47 Å². The van der Waals surface area contributed by atoms with Crippen LogP contribution in [0.4, 0.5) is 0 Å². The molecule has 1 aromatic rings. The monoisotopic (exact) mass is 283 g/mol. The SMILES string of the molecule is COc1c(Br)c2c(c(C)c1CN)CCCC2. The summed E-state index contributed by atoms with van der Waals surface area (Å²) in [4.78, 5) is 0. The van der Waals surface area contributed by atoms with Gasteiger partial charge in [0.15, 0.2) is 0 Å². The first-order valence-electron chi connectivity index (χ1n) is 5.77. The average molecular weight is 284 g/mol. The van der Waals surface area contributed by atoms with Gasteiger partial charge in [-0.05, 0) is 65.2 Å². The van der Waals surface area contributed by atoms with Crippen molar-refractivity contribution >= 4 is 15.9 Å². The van der Waals surface area contributed by atoms with E-state index in [-0.39, 0.29) is 0 Å². The summed E-state index contributed by atoms with van der Waals surface area (Å²) >= 11 is 3.67. The molecular weight excluding hydrogens is 266 g/mol. The molecule has 0 amide bonds. The molecule has 2 N–H and O–H groups in total. The molecule has 1 aliphatic carbocycles. The Morgan fingerprint density at radius 3 is 2.44 bits per heavy atom. The van der Waals surface area contributed by atoms with Crippen LogP contribution in [-0.4, -0.2) is 7.11 Å². The molecule has 0 spiro atoms. The van der Waals surface area contributed by atoms with E-state index in [1.807, 2.05) is 0 Å². The van der Waals surface area contributed by atoms with Gasteiger partial charge in [0.25, 0.3) is 0 Å². The molecule has 0 aromatic heterocycles. The lowest BCUT2D eigenvalue weighted by atomic mass is 9.86. The third-order valence-corrected chi connectivity index (χ3v) is 4.36. The zero-order valence-electron chi connectivity index (χ0n) is 9.90. The fourth-order valence-electron chi connectivity index (χ4n) is 2.64. The number of ether oxygens (including phenoxy) is 1. The molecule has 2 nitrogen and oxygen atoms in total. The predicted molar refractivity (Wildman–Crippen MR) is 70.0 cm³/mol. The van der Waals surface area contributed by atoms with Crippen LogP contribution in [0.3, 0.4) is 0 Å². The molecule has 0 aliphatic heterocycles. The second-order valence-corrected chi connectivity index (χ2v) is 5.11. The molecule has 0 bridgehead atoms. The topological polar surface area (TPSA) is 35.2 Å². The molecule has 16 heavy (non-hydrogen) atoms. The van der Waals surface area contributed by atoms with Gasteiger partial charge in [-0.3, -0.25) is 0 Å². The maximum absolute atomic E-state index is 5.83. The molecule has 0 saturated heterocycles. The van der Waals surface area contributed by atoms with Gasteiger partial charge >= 0.3 is 0 Å². The van der Waals surface area contributed by atoms with Gasteiger partial charge in [0.2, 0.25) is 0 Å². The van der Waals surface area contributed by atoms with Crippen molar-refractivity contribution in [3.8, 4) is 5.75 Å². The number of methoxy groups -OCH3 is 1. The molecule has 0 atom stereocenters. The van der Waals surface area contributed by atoms with Crippen molar-refractivity contribution in [2.24, 2.45) is 5.73 Å². The summed E-state index contributed by atoms with van der Waals surface area (Å²) in [6.07, 6.45) is 4.89. The van der Waals surface area contributed by atoms with Crippen molar-refractivity contribution in [3.63, 3.8) is 0 Å². The number of hydrogen-bond donors (Lipinski definition) is 1. The lowest BCUT2D eigenvalue weighted by Crippen LogP contribution is -2.12. The zero-order chi connectivity index (χ0) is 11.7. The quantitative estimate of drug-likeness (QED) is 0.905. The number of halogens is 1. The summed E-state index contributed by atoms with van der Waals surface area (Å²) in [5.41, 5.74) is 11.2. The maximum Gasteiger partial charge on any atom is 0.138 e. The highest BCUT2D eigenvalue weighted by Gasteiger charge is 2.21. The summed E-state index contributed by atoms with van der Waals surface area (Å²) in [5.74, 6) is 0.931. The zero-order valence-corrected chi connectivity index (χ0v) is 11.5. The average Bonchev–Trinajstić information content (AvgIpc) is 2.33. The van der Waals surface area contributed by atoms with Crippen LogP contribution in [0.25, 0.3) is 0 Å². The predicted octanol–water partition coefficient (Wildman–Crippen LogP) is 3.10. The largest absolute Gasteiger partial charge is 0.495 e. The Hall–Kier alpha value is -0.540. The minimum atomic E-state index is 0.543. The van der Waals surface area contributed by atoms with Gasteiger partial charge in [0.05, 0.1) is 11.6 Å². The molecule has 0 fully saturated rings. The molecule has 1 aromatic carbocycles. The van der Waals surface area contributed by atoms with E-state index in [4.69, 9.17) is 10.5 Å². The highest BCUT2D eigenvalue weighted by atomic mass is 79.9. The van der Waals surface area contributed by atoms with Crippen molar-refractivity contribution in [1.82, 2.24) is 0 Å². The molecule has 0 heterocycles. The van der Waals surface area contributed by atoms with Gasteiger partial charge < -0.3 is 10.5 Å². The summed E-state index contributed by atoms with van der Waals surface area (Å²) in [6.45, 7) is 2.71. The van der Waals surface area contributed by atoms with Crippen molar-refractivity contribution < 1.29 is 4.74 Å². The summed E-state index contributed by atoms with van der Waals surface area (Å²) in [6, 6.07) is 0. The summed E-state index contributed by atoms with van der Waals surface area (Å²) in [5, 5.41) is 0. The maximum atomic E-state index is 5.83. The molecule has 2 rings (SSSR count). The minimum absolute atomic E-state index is 0.543. The molecular formula is C13H18BrNO. The van der Waals surface area contributed by atoms with Crippen LogP contribution >= 0.6 is 15.9 Å². The van der Waals surface area contributed by atoms with Crippen molar-refractivity contribution in [2.75, 3.05) is 7.11 Å². The van der Waals surface area contributed by atoms with E-state index in [1.54, 1.807) is 7.11 Å². The number of hydrogen-bond acceptors (Lipinski definition) is 2. The molecule has 88 valence electrons. The minimum Gasteiger partial charge on any atom is -0.495 e. The smallest absolute Gasteiger partial charge is 0.138 e. The van der Waals surface area contributed by atoms with Gasteiger partial charge in [-0.15, -0.1) is 0 Å². The Labute approximate surface area is 105 Å². The Bertz CT molecular complexity index is 359. The van der Waals surface area contributed by atoms with Crippen molar-refractivity contribution in [2.45, 2.75) is 39.2 Å². The van der Waals surface area contributed by atoms with Crippen LogP contribution in [0, 0.1) is 6.92 Å². The van der Waals surface area contributed by atoms with E-state index in [2.05, 4.69) is 22.9 Å². The lowest BCUT2D eigenvalue weighted by Gasteiger charge is -2.24. The second-order valence-electron chi connectivity index (χ2n) is 4.32. The van der Waals surface area contributed by atoms with Gasteiger partial charge in [-0.25, -0.2) is 0 Å². The first kappa shape index (κ1) is 11.9. The van der Waals surface area contributed by atoms with Crippen LogP contribution < -0.4 is 10.5 Å². The Morgan fingerprint density at radius 1 is 1.25 bits per heavy atom. The third kappa shape index (κ3) is 1.76. The fourth-order valence-corrected chi connectivity index (χ4v) is 3.48. The van der Waals surface area contributed by atoms with E-state index in [9.17, 15) is 0 Å². The number of benzene rings is 1. The lowest BCUT2D eigenvalue weighted by molar-refractivity contribution is 0.405. The Kier molecular flexibility index (Phi) is 3.55. The summed E-state index contributed by atoms with van der Waals surface area (Å²) in [7, 11) is 1.72. The highest BCUT2D eigenvalue weighted by Crippen LogP contribution is 2.40. The van der Waals surface area contributed by atoms with Gasteiger partial charge in [0.1, 0.15) is 5.75 Å². The number of fused-ring (bicyclic) bond motifs is 1. The first-order valence-corrected chi connectivity index (χ1v) is 6.56. The third-order valence-electron chi connectivity index (χ3n) is 3.52. The van der Waals surface area contributed by atoms with Crippen molar-refractivity contribution in [3.05, 3.63) is 26.7 Å². The highest BCUT2D eigenvalue weighted by molar-refractivity contribution is 9.10. The number of nitrogens with two attached hydrogens (primary N) is 1. The van der Waals surface area contributed by atoms with Crippen LogP contribution in [0.2, 0.25) is 0 Å². The number of rotatable bonds is 2. The van der Waals surface area contributed by atoms with Gasteiger partial charge in [-0.1, -0.05) is 0 Å². The molecule has 0 radical (unpaired) electrons. The van der Waals surface area contributed by atoms with Gasteiger partial charge in [0, 0.05) is 12.1 Å². The second kappa shape index (κ2) is 4.76. The molecule has 1 aliphatic rings. The standard InChI is InChI=1S/C13H18BrNO/c1-8-9-5-3-4-6-10(9)12(14)13(16-2)11(8)7-15/h3-7,15H2,1-2H3. The molecule has 3 heteroatoms. The van der Waals surface area contributed by atoms with E-state index in [0.29, 0.717) is 6.54 Å². The van der Waals surface area contributed by atoms with E-state index >= 15 is 0 Å². The van der Waals surface area contributed by atoms with Crippen LogP contribution in [-0.2, 0) is 19.4 Å². The first-order chi connectivity index (χ1) is 7.70. The Balaban J connectivity index is 2.69. The van der Waals surface area contributed by atoms with Crippen LogP contribution in [0.1, 0.15) is 35.1 Å². The molecule has 0 unspecified atom stereocenters. The van der Waals surface area contributed by atoms with E-state index < -0.39 is 0 Å². The van der Waals surface area contributed by atoms with E-state index in [0.717, 1.165) is 22.2 Å². The summed E-state index contributed by atoms with van der Waals surface area (Å²) < 4.78 is 6.61. The Morgan fingerprint density at radius 2 is 1.88 bits per heavy atom. The fraction of sp³-hybridized carbons (Fsp3) is 0.538. The molecule has 0 saturated carbocycles. The normalized spacial score (nSPS) is 14.8.